The van der Waals surface area contributed by atoms with Gasteiger partial charge >= 0.3 is 0 Å². The molecule has 0 aliphatic carbocycles. The van der Waals surface area contributed by atoms with Crippen LogP contribution < -0.4 is 5.32 Å². The average molecular weight is 329 g/mol. The number of rotatable bonds is 3. The zero-order valence-electron chi connectivity index (χ0n) is 10.9. The SMILES string of the molecule is CC(NC1CCN2CCCC2C1)c1sccc1Br. The van der Waals surface area contributed by atoms with E-state index in [1.165, 1.54) is 48.1 Å². The Morgan fingerprint density at radius 3 is 3.11 bits per heavy atom. The molecule has 1 aromatic heterocycles. The summed E-state index contributed by atoms with van der Waals surface area (Å²) in [6, 6.07) is 4.18. The zero-order valence-corrected chi connectivity index (χ0v) is 13.3. The monoisotopic (exact) mass is 328 g/mol. The van der Waals surface area contributed by atoms with Crippen LogP contribution >= 0.6 is 27.3 Å². The van der Waals surface area contributed by atoms with Gasteiger partial charge in [0.1, 0.15) is 0 Å². The van der Waals surface area contributed by atoms with Gasteiger partial charge in [0.25, 0.3) is 0 Å². The Bertz CT molecular complexity index is 406. The van der Waals surface area contributed by atoms with E-state index in [0.717, 1.165) is 6.04 Å². The molecule has 0 spiro atoms. The van der Waals surface area contributed by atoms with E-state index in [4.69, 9.17) is 0 Å². The first kappa shape index (κ1) is 13.1. The van der Waals surface area contributed by atoms with Gasteiger partial charge in [-0.2, -0.15) is 0 Å². The van der Waals surface area contributed by atoms with Gasteiger partial charge in [-0.1, -0.05) is 0 Å². The highest BCUT2D eigenvalue weighted by atomic mass is 79.9. The molecule has 4 heteroatoms. The quantitative estimate of drug-likeness (QED) is 0.908. The van der Waals surface area contributed by atoms with Crippen LogP contribution in [0.25, 0.3) is 0 Å². The molecule has 1 N–H and O–H groups in total. The van der Waals surface area contributed by atoms with Gasteiger partial charge in [0.2, 0.25) is 0 Å². The Balaban J connectivity index is 1.58. The topological polar surface area (TPSA) is 15.3 Å². The summed E-state index contributed by atoms with van der Waals surface area (Å²) in [6.45, 7) is 4.92. The summed E-state index contributed by atoms with van der Waals surface area (Å²) in [5, 5.41) is 5.99. The maximum absolute atomic E-state index is 3.83. The van der Waals surface area contributed by atoms with Gasteiger partial charge in [-0.3, -0.25) is 0 Å². The summed E-state index contributed by atoms with van der Waals surface area (Å²) in [6.07, 6.45) is 5.47. The van der Waals surface area contributed by atoms with Crippen LogP contribution in [0, 0.1) is 0 Å². The molecule has 0 radical (unpaired) electrons. The maximum Gasteiger partial charge on any atom is 0.0399 e. The highest BCUT2D eigenvalue weighted by Gasteiger charge is 2.32. The smallest absolute Gasteiger partial charge is 0.0399 e. The van der Waals surface area contributed by atoms with E-state index in [0.29, 0.717) is 12.1 Å². The van der Waals surface area contributed by atoms with Crippen molar-refractivity contribution >= 4 is 27.3 Å². The molecule has 3 rings (SSSR count). The van der Waals surface area contributed by atoms with E-state index in [2.05, 4.69) is 44.5 Å². The van der Waals surface area contributed by atoms with Crippen LogP contribution in [0.2, 0.25) is 0 Å². The third-order valence-electron chi connectivity index (χ3n) is 4.34. The molecular formula is C14H21BrN2S. The molecule has 0 saturated carbocycles. The van der Waals surface area contributed by atoms with Gasteiger partial charge in [0, 0.05) is 27.5 Å². The predicted molar refractivity (Wildman–Crippen MR) is 81.2 cm³/mol. The van der Waals surface area contributed by atoms with Gasteiger partial charge in [-0.25, -0.2) is 0 Å². The van der Waals surface area contributed by atoms with Crippen LogP contribution in [-0.2, 0) is 0 Å². The van der Waals surface area contributed by atoms with Crippen molar-refractivity contribution in [2.45, 2.75) is 50.7 Å². The highest BCUT2D eigenvalue weighted by molar-refractivity contribution is 9.10. The van der Waals surface area contributed by atoms with Crippen LogP contribution in [-0.4, -0.2) is 30.1 Å². The standard InChI is InChI=1S/C14H21BrN2S/c1-10(14-13(15)5-8-18-14)16-11-4-7-17-6-2-3-12(17)9-11/h5,8,10-12,16H,2-4,6-7,9H2,1H3. The van der Waals surface area contributed by atoms with Crippen molar-refractivity contribution in [1.29, 1.82) is 0 Å². The first-order chi connectivity index (χ1) is 8.74. The summed E-state index contributed by atoms with van der Waals surface area (Å²) in [7, 11) is 0. The van der Waals surface area contributed by atoms with Crippen LogP contribution in [0.3, 0.4) is 0 Å². The fourth-order valence-electron chi connectivity index (χ4n) is 3.42. The second-order valence-corrected chi connectivity index (χ2v) is 7.38. The summed E-state index contributed by atoms with van der Waals surface area (Å²) in [4.78, 5) is 4.12. The molecule has 2 saturated heterocycles. The molecule has 2 aliphatic rings. The molecule has 3 unspecified atom stereocenters. The van der Waals surface area contributed by atoms with E-state index < -0.39 is 0 Å². The number of nitrogens with one attached hydrogen (secondary N) is 1. The van der Waals surface area contributed by atoms with Crippen LogP contribution in [0.4, 0.5) is 0 Å². The number of halogens is 1. The molecule has 3 atom stereocenters. The van der Waals surface area contributed by atoms with E-state index in [9.17, 15) is 0 Å². The maximum atomic E-state index is 3.83. The first-order valence-electron chi connectivity index (χ1n) is 6.97. The molecule has 100 valence electrons. The van der Waals surface area contributed by atoms with Gasteiger partial charge in [0.05, 0.1) is 0 Å². The fourth-order valence-corrected chi connectivity index (χ4v) is 5.15. The molecule has 0 bridgehead atoms. The highest BCUT2D eigenvalue weighted by Crippen LogP contribution is 2.31. The fraction of sp³-hybridized carbons (Fsp3) is 0.714. The lowest BCUT2D eigenvalue weighted by atomic mass is 9.97. The van der Waals surface area contributed by atoms with Crippen molar-refractivity contribution in [2.24, 2.45) is 0 Å². The summed E-state index contributed by atoms with van der Waals surface area (Å²) in [5.41, 5.74) is 0. The van der Waals surface area contributed by atoms with Crippen molar-refractivity contribution in [3.05, 3.63) is 20.8 Å². The first-order valence-corrected chi connectivity index (χ1v) is 8.64. The second-order valence-electron chi connectivity index (χ2n) is 5.57. The zero-order chi connectivity index (χ0) is 12.5. The lowest BCUT2D eigenvalue weighted by Gasteiger charge is -2.36. The Labute approximate surface area is 122 Å². The van der Waals surface area contributed by atoms with E-state index in [-0.39, 0.29) is 0 Å². The van der Waals surface area contributed by atoms with Crippen molar-refractivity contribution in [3.63, 3.8) is 0 Å². The third kappa shape index (κ3) is 2.67. The summed E-state index contributed by atoms with van der Waals surface area (Å²) in [5.74, 6) is 0. The number of hydrogen-bond acceptors (Lipinski definition) is 3. The molecule has 1 aromatic rings. The third-order valence-corrected chi connectivity index (χ3v) is 6.40. The van der Waals surface area contributed by atoms with Gasteiger partial charge in [0.15, 0.2) is 0 Å². The van der Waals surface area contributed by atoms with Crippen molar-refractivity contribution in [3.8, 4) is 0 Å². The van der Waals surface area contributed by atoms with E-state index >= 15 is 0 Å². The Morgan fingerprint density at radius 2 is 2.33 bits per heavy atom. The lowest BCUT2D eigenvalue weighted by molar-refractivity contribution is 0.162. The predicted octanol–water partition coefficient (Wildman–Crippen LogP) is 3.79. The van der Waals surface area contributed by atoms with Crippen LogP contribution in [0.15, 0.2) is 15.9 Å². The molecular weight excluding hydrogens is 308 g/mol. The van der Waals surface area contributed by atoms with Crippen LogP contribution in [0.5, 0.6) is 0 Å². The largest absolute Gasteiger partial charge is 0.307 e. The normalized spacial score (nSPS) is 30.3. The second kappa shape index (κ2) is 5.61. The number of thiophene rings is 1. The molecule has 2 nitrogen and oxygen atoms in total. The van der Waals surface area contributed by atoms with E-state index in [1.807, 2.05) is 11.3 Å². The van der Waals surface area contributed by atoms with Gasteiger partial charge in [-0.05, 0) is 73.1 Å². The minimum atomic E-state index is 0.470. The number of nitrogens with zero attached hydrogens (tertiary/aromatic N) is 1. The molecule has 0 aromatic carbocycles. The molecule has 3 heterocycles. The minimum Gasteiger partial charge on any atom is -0.307 e. The number of piperidine rings is 1. The summed E-state index contributed by atoms with van der Waals surface area (Å²) < 4.78 is 1.26. The Hall–Kier alpha value is 0.100. The van der Waals surface area contributed by atoms with Crippen LogP contribution in [0.1, 0.15) is 43.5 Å². The molecule has 2 fully saturated rings. The Kier molecular flexibility index (Phi) is 4.09. The number of hydrogen-bond donors (Lipinski definition) is 1. The van der Waals surface area contributed by atoms with Gasteiger partial charge < -0.3 is 10.2 Å². The average Bonchev–Trinajstić information content (AvgIpc) is 2.96. The molecule has 18 heavy (non-hydrogen) atoms. The lowest BCUT2D eigenvalue weighted by Crippen LogP contribution is -2.46. The minimum absolute atomic E-state index is 0.470. The van der Waals surface area contributed by atoms with Gasteiger partial charge in [-0.15, -0.1) is 11.3 Å². The Morgan fingerprint density at radius 1 is 1.44 bits per heavy atom. The number of fused-ring (bicyclic) bond motifs is 1. The van der Waals surface area contributed by atoms with E-state index in [1.54, 1.807) is 0 Å². The molecule has 0 amide bonds. The van der Waals surface area contributed by atoms with Crippen molar-refractivity contribution in [1.82, 2.24) is 10.2 Å². The van der Waals surface area contributed by atoms with Crippen molar-refractivity contribution < 1.29 is 0 Å². The molecule has 2 aliphatic heterocycles. The summed E-state index contributed by atoms with van der Waals surface area (Å²) >= 11 is 5.48. The van der Waals surface area contributed by atoms with Crippen molar-refractivity contribution in [2.75, 3.05) is 13.1 Å².